The Morgan fingerprint density at radius 1 is 1.07 bits per heavy atom. The van der Waals surface area contributed by atoms with Crippen molar-refractivity contribution in [2.75, 3.05) is 41.7 Å². The molecule has 0 bridgehead atoms. The van der Waals surface area contributed by atoms with E-state index < -0.39 is 24.0 Å². The van der Waals surface area contributed by atoms with E-state index in [1.165, 1.54) is 6.07 Å². The number of nitrogens with zero attached hydrogens (tertiary/aromatic N) is 5. The molecule has 0 unspecified atom stereocenters. The predicted molar refractivity (Wildman–Crippen MR) is 99.2 cm³/mol. The number of halogens is 4. The van der Waals surface area contributed by atoms with Gasteiger partial charge in [0.05, 0.1) is 30.5 Å². The normalized spacial score (nSPS) is 18.8. The first kappa shape index (κ1) is 19.6. The van der Waals surface area contributed by atoms with Crippen molar-refractivity contribution in [2.45, 2.75) is 31.3 Å². The van der Waals surface area contributed by atoms with Crippen LogP contribution in [0.1, 0.15) is 18.4 Å². The first-order valence-electron chi connectivity index (χ1n) is 9.25. The molecule has 7 nitrogen and oxygen atoms in total. The molecule has 2 aromatic rings. The number of hydrogen-bond acceptors (Lipinski definition) is 7. The zero-order valence-corrected chi connectivity index (χ0v) is 15.4. The molecule has 11 heteroatoms. The highest BCUT2D eigenvalue weighted by atomic mass is 19.4. The number of aromatic nitrogens is 3. The van der Waals surface area contributed by atoms with Gasteiger partial charge in [-0.3, -0.25) is 0 Å². The average molecular weight is 412 g/mol. The van der Waals surface area contributed by atoms with E-state index in [1.54, 1.807) is 4.90 Å². The van der Waals surface area contributed by atoms with Crippen molar-refractivity contribution < 1.29 is 22.7 Å². The van der Waals surface area contributed by atoms with Crippen molar-refractivity contribution in [1.29, 1.82) is 0 Å². The van der Waals surface area contributed by atoms with Gasteiger partial charge in [-0.2, -0.15) is 18.2 Å². The summed E-state index contributed by atoms with van der Waals surface area (Å²) in [5.74, 6) is 0.357. The highest BCUT2D eigenvalue weighted by Crippen LogP contribution is 2.38. The number of aliphatic hydroxyl groups excluding tert-OH is 1. The molecule has 2 aliphatic rings. The summed E-state index contributed by atoms with van der Waals surface area (Å²) < 4.78 is 54.1. The largest absolute Gasteiger partial charge is 0.417 e. The van der Waals surface area contributed by atoms with Crippen LogP contribution in [-0.4, -0.2) is 58.5 Å². The third-order valence-corrected chi connectivity index (χ3v) is 5.12. The van der Waals surface area contributed by atoms with Crippen LogP contribution in [0.5, 0.6) is 0 Å². The van der Waals surface area contributed by atoms with Crippen molar-refractivity contribution in [1.82, 2.24) is 15.0 Å². The lowest BCUT2D eigenvalue weighted by Crippen LogP contribution is -2.49. The highest BCUT2D eigenvalue weighted by Gasteiger charge is 2.36. The zero-order chi connectivity index (χ0) is 20.8. The number of anilines is 3. The number of pyridine rings is 1. The van der Waals surface area contributed by atoms with E-state index in [9.17, 15) is 22.7 Å². The molecule has 4 heterocycles. The van der Waals surface area contributed by atoms with Crippen molar-refractivity contribution in [3.05, 3.63) is 23.9 Å². The van der Waals surface area contributed by atoms with Gasteiger partial charge >= 0.3 is 6.18 Å². The highest BCUT2D eigenvalue weighted by molar-refractivity contribution is 5.69. The van der Waals surface area contributed by atoms with Crippen LogP contribution in [0.3, 0.4) is 0 Å². The van der Waals surface area contributed by atoms with Crippen LogP contribution in [-0.2, 0) is 6.18 Å². The van der Waals surface area contributed by atoms with E-state index in [-0.39, 0.29) is 36.1 Å². The Hall–Kier alpha value is -2.69. The van der Waals surface area contributed by atoms with Gasteiger partial charge in [0.15, 0.2) is 0 Å². The van der Waals surface area contributed by atoms with Crippen molar-refractivity contribution in [3.63, 3.8) is 0 Å². The van der Waals surface area contributed by atoms with E-state index >= 15 is 0 Å². The molecule has 4 rings (SSSR count). The summed E-state index contributed by atoms with van der Waals surface area (Å²) in [6.07, 6.45) is -4.00. The Morgan fingerprint density at radius 3 is 2.38 bits per heavy atom. The van der Waals surface area contributed by atoms with E-state index in [1.807, 2.05) is 4.90 Å². The fourth-order valence-corrected chi connectivity index (χ4v) is 3.45. The molecule has 2 fully saturated rings. The second-order valence-corrected chi connectivity index (χ2v) is 7.28. The van der Waals surface area contributed by atoms with Gasteiger partial charge in [-0.05, 0) is 18.9 Å². The lowest BCUT2D eigenvalue weighted by Gasteiger charge is -2.36. The summed E-state index contributed by atoms with van der Waals surface area (Å²) in [4.78, 5) is 16.0. The van der Waals surface area contributed by atoms with Crippen molar-refractivity contribution >= 4 is 17.6 Å². The molecule has 3 N–H and O–H groups in total. The van der Waals surface area contributed by atoms with Crippen LogP contribution in [0.15, 0.2) is 18.3 Å². The van der Waals surface area contributed by atoms with Gasteiger partial charge in [-0.1, -0.05) is 0 Å². The minimum absolute atomic E-state index is 0.0401. The lowest BCUT2D eigenvalue weighted by atomic mass is 10.1. The molecule has 156 valence electrons. The van der Waals surface area contributed by atoms with Crippen LogP contribution in [0, 0.1) is 0 Å². The molecule has 2 aliphatic heterocycles. The van der Waals surface area contributed by atoms with Crippen LogP contribution in [0.25, 0.3) is 11.3 Å². The quantitative estimate of drug-likeness (QED) is 0.748. The smallest absolute Gasteiger partial charge is 0.393 e. The molecule has 0 aromatic carbocycles. The van der Waals surface area contributed by atoms with E-state index in [0.29, 0.717) is 31.7 Å². The molecule has 29 heavy (non-hydrogen) atoms. The summed E-state index contributed by atoms with van der Waals surface area (Å²) in [6.45, 7) is 1.20. The van der Waals surface area contributed by atoms with E-state index in [2.05, 4.69) is 15.0 Å². The molecule has 0 amide bonds. The fourth-order valence-electron chi connectivity index (χ4n) is 3.45. The Bertz CT molecular complexity index is 894. The van der Waals surface area contributed by atoms with Gasteiger partial charge in [-0.25, -0.2) is 14.4 Å². The first-order chi connectivity index (χ1) is 13.7. The molecule has 0 spiro atoms. The summed E-state index contributed by atoms with van der Waals surface area (Å²) in [7, 11) is 0. The van der Waals surface area contributed by atoms with E-state index in [4.69, 9.17) is 5.73 Å². The lowest BCUT2D eigenvalue weighted by molar-refractivity contribution is -0.137. The van der Waals surface area contributed by atoms with Crippen molar-refractivity contribution in [2.24, 2.45) is 0 Å². The Kier molecular flexibility index (Phi) is 4.93. The summed E-state index contributed by atoms with van der Waals surface area (Å²) >= 11 is 0. The number of piperidine rings is 1. The maximum absolute atomic E-state index is 13.6. The summed E-state index contributed by atoms with van der Waals surface area (Å²) in [5, 5.41) is 9.72. The number of nitrogen functional groups attached to an aromatic ring is 1. The average Bonchev–Trinajstić information content (AvgIpc) is 2.65. The minimum Gasteiger partial charge on any atom is -0.393 e. The SMILES string of the molecule is Nc1cc(C(F)(F)F)c(-c2cc(N3CC(F)C3)nc(N3CCC(O)CC3)n2)cn1. The van der Waals surface area contributed by atoms with Crippen LogP contribution >= 0.6 is 0 Å². The molecular formula is C18H20F4N6O. The molecule has 2 saturated heterocycles. The number of nitrogens with two attached hydrogens (primary N) is 1. The molecule has 0 saturated carbocycles. The third-order valence-electron chi connectivity index (χ3n) is 5.12. The van der Waals surface area contributed by atoms with Crippen LogP contribution in [0.2, 0.25) is 0 Å². The third kappa shape index (κ3) is 4.04. The van der Waals surface area contributed by atoms with Gasteiger partial charge in [0.25, 0.3) is 0 Å². The Morgan fingerprint density at radius 2 is 1.76 bits per heavy atom. The molecule has 2 aromatic heterocycles. The maximum Gasteiger partial charge on any atom is 0.417 e. The zero-order valence-electron chi connectivity index (χ0n) is 15.4. The number of aliphatic hydroxyl groups is 1. The van der Waals surface area contributed by atoms with Gasteiger partial charge in [-0.15, -0.1) is 0 Å². The van der Waals surface area contributed by atoms with Crippen molar-refractivity contribution in [3.8, 4) is 11.3 Å². The minimum atomic E-state index is -4.65. The number of rotatable bonds is 3. The summed E-state index contributed by atoms with van der Waals surface area (Å²) in [6, 6.07) is 2.19. The van der Waals surface area contributed by atoms with Gasteiger partial charge in [0, 0.05) is 30.9 Å². The van der Waals surface area contributed by atoms with E-state index in [0.717, 1.165) is 12.3 Å². The van der Waals surface area contributed by atoms with Gasteiger partial charge < -0.3 is 20.6 Å². The van der Waals surface area contributed by atoms with Crippen LogP contribution in [0.4, 0.5) is 35.1 Å². The number of alkyl halides is 4. The van der Waals surface area contributed by atoms with Gasteiger partial charge in [0.1, 0.15) is 17.8 Å². The molecule has 0 atom stereocenters. The molecule has 0 radical (unpaired) electrons. The Labute approximate surface area is 164 Å². The predicted octanol–water partition coefficient (Wildman–Crippen LogP) is 2.26. The Balaban J connectivity index is 1.79. The molecular weight excluding hydrogens is 392 g/mol. The second-order valence-electron chi connectivity index (χ2n) is 7.28. The second kappa shape index (κ2) is 7.29. The standard InChI is InChI=1S/C18H20F4N6O/c19-10-8-28(9-10)16-6-14(12-7-24-15(23)5-13(12)18(20,21)22)25-17(26-16)27-3-1-11(29)2-4-27/h5-7,10-11,29H,1-4,8-9H2,(H2,23,24). The summed E-state index contributed by atoms with van der Waals surface area (Å²) in [5.41, 5.74) is 4.34. The first-order valence-corrected chi connectivity index (χ1v) is 9.25. The monoisotopic (exact) mass is 412 g/mol. The fraction of sp³-hybridized carbons (Fsp3) is 0.500. The maximum atomic E-state index is 13.6. The van der Waals surface area contributed by atoms with Gasteiger partial charge in [0.2, 0.25) is 5.95 Å². The number of hydrogen-bond donors (Lipinski definition) is 2. The molecule has 0 aliphatic carbocycles. The topological polar surface area (TPSA) is 91.4 Å². The van der Waals surface area contributed by atoms with Crippen LogP contribution < -0.4 is 15.5 Å².